The van der Waals surface area contributed by atoms with Crippen molar-refractivity contribution in [3.8, 4) is 11.5 Å². The third-order valence-corrected chi connectivity index (χ3v) is 6.35. The number of hydrogen-bond acceptors (Lipinski definition) is 6. The first-order chi connectivity index (χ1) is 16.9. The average molecular weight is 540 g/mol. The van der Waals surface area contributed by atoms with E-state index in [9.17, 15) is 14.7 Å². The Balaban J connectivity index is 1.82. The zero-order valence-electron chi connectivity index (χ0n) is 19.5. The van der Waals surface area contributed by atoms with Crippen LogP contribution in [0.15, 0.2) is 75.3 Å². The zero-order valence-corrected chi connectivity index (χ0v) is 21.1. The number of hydrogen-bond donors (Lipinski definition) is 1. The van der Waals surface area contributed by atoms with Gasteiger partial charge >= 0.3 is 0 Å². The molecule has 1 saturated heterocycles. The van der Waals surface area contributed by atoms with Gasteiger partial charge in [0.2, 0.25) is 0 Å². The van der Waals surface area contributed by atoms with Crippen molar-refractivity contribution in [1.29, 1.82) is 0 Å². The minimum absolute atomic E-state index is 0.00517. The number of halogens is 1. The molecule has 2 aromatic carbocycles. The molecule has 3 aromatic rings. The van der Waals surface area contributed by atoms with Gasteiger partial charge in [-0.05, 0) is 48.4 Å². The largest absolute Gasteiger partial charge is 0.507 e. The van der Waals surface area contributed by atoms with Crippen LogP contribution in [0.2, 0.25) is 0 Å². The van der Waals surface area contributed by atoms with E-state index < -0.39 is 17.7 Å². The Hall–Kier alpha value is -3.52. The van der Waals surface area contributed by atoms with E-state index in [0.29, 0.717) is 35.0 Å². The van der Waals surface area contributed by atoms with E-state index in [-0.39, 0.29) is 17.9 Å². The predicted octanol–water partition coefficient (Wildman–Crippen LogP) is 5.85. The number of aliphatic hydroxyl groups is 1. The highest BCUT2D eigenvalue weighted by atomic mass is 79.9. The van der Waals surface area contributed by atoms with Crippen molar-refractivity contribution in [3.05, 3.63) is 87.8 Å². The molecule has 35 heavy (non-hydrogen) atoms. The van der Waals surface area contributed by atoms with Gasteiger partial charge in [0.05, 0.1) is 38.1 Å². The second-order valence-corrected chi connectivity index (χ2v) is 9.04. The fourth-order valence-electron chi connectivity index (χ4n) is 4.02. The van der Waals surface area contributed by atoms with Crippen molar-refractivity contribution >= 4 is 33.4 Å². The lowest BCUT2D eigenvalue weighted by molar-refractivity contribution is -0.140. The van der Waals surface area contributed by atoms with Gasteiger partial charge < -0.3 is 23.9 Å². The van der Waals surface area contributed by atoms with Crippen LogP contribution in [0.25, 0.3) is 5.76 Å². The number of furan rings is 1. The summed E-state index contributed by atoms with van der Waals surface area (Å²) >= 11 is 3.37. The fraction of sp³-hybridized carbons (Fsp3) is 0.259. The molecule has 0 bridgehead atoms. The molecule has 1 amide bonds. The van der Waals surface area contributed by atoms with Gasteiger partial charge in [-0.3, -0.25) is 9.59 Å². The molecule has 1 N–H and O–H groups in total. The lowest BCUT2D eigenvalue weighted by Gasteiger charge is -2.25. The average Bonchev–Trinajstić information content (AvgIpc) is 3.47. The van der Waals surface area contributed by atoms with E-state index in [1.54, 1.807) is 54.6 Å². The minimum Gasteiger partial charge on any atom is -0.507 e. The number of ether oxygens (including phenoxy) is 2. The van der Waals surface area contributed by atoms with E-state index >= 15 is 0 Å². The van der Waals surface area contributed by atoms with Crippen molar-refractivity contribution < 1.29 is 28.6 Å². The monoisotopic (exact) mass is 539 g/mol. The lowest BCUT2D eigenvalue weighted by atomic mass is 9.95. The number of amides is 1. The number of rotatable bonds is 9. The van der Waals surface area contributed by atoms with Gasteiger partial charge in [0.15, 0.2) is 11.5 Å². The van der Waals surface area contributed by atoms with Gasteiger partial charge in [-0.25, -0.2) is 0 Å². The number of nitrogens with zero attached hydrogens (tertiary/aromatic N) is 1. The molecule has 182 valence electrons. The number of carbonyl (C=O) groups excluding carboxylic acids is 2. The number of likely N-dealkylation sites (tertiary alicyclic amines) is 1. The van der Waals surface area contributed by atoms with E-state index in [4.69, 9.17) is 13.9 Å². The maximum Gasteiger partial charge on any atom is 0.296 e. The van der Waals surface area contributed by atoms with Crippen LogP contribution in [0, 0.1) is 0 Å². The SMILES string of the molecule is CCCCOc1ccc(C2/C(=C(/O)c3ccc(Br)cc3)C(=O)C(=O)N2Cc2ccco2)cc1OC. The van der Waals surface area contributed by atoms with Crippen LogP contribution in [0.3, 0.4) is 0 Å². The minimum atomic E-state index is -0.845. The van der Waals surface area contributed by atoms with Crippen LogP contribution >= 0.6 is 15.9 Å². The van der Waals surface area contributed by atoms with E-state index in [2.05, 4.69) is 22.9 Å². The number of carbonyl (C=O) groups is 2. The van der Waals surface area contributed by atoms with Crippen molar-refractivity contribution in [2.75, 3.05) is 13.7 Å². The number of aliphatic hydroxyl groups excluding tert-OH is 1. The van der Waals surface area contributed by atoms with Crippen molar-refractivity contribution in [3.63, 3.8) is 0 Å². The highest BCUT2D eigenvalue weighted by Crippen LogP contribution is 2.42. The summed E-state index contributed by atoms with van der Waals surface area (Å²) in [6, 6.07) is 14.8. The number of unbranched alkanes of at least 4 members (excludes halogenated alkanes) is 1. The summed E-state index contributed by atoms with van der Waals surface area (Å²) in [4.78, 5) is 27.7. The Morgan fingerprint density at radius 3 is 2.54 bits per heavy atom. The first kappa shape index (κ1) is 24.6. The van der Waals surface area contributed by atoms with Crippen LogP contribution in [-0.4, -0.2) is 35.4 Å². The summed E-state index contributed by atoms with van der Waals surface area (Å²) in [5, 5.41) is 11.2. The fourth-order valence-corrected chi connectivity index (χ4v) is 4.29. The number of methoxy groups -OCH3 is 1. The Bertz CT molecular complexity index is 1230. The van der Waals surface area contributed by atoms with Crippen LogP contribution in [-0.2, 0) is 16.1 Å². The summed E-state index contributed by atoms with van der Waals surface area (Å²) in [5.74, 6) is -0.153. The highest BCUT2D eigenvalue weighted by Gasteiger charge is 2.46. The molecule has 1 fully saturated rings. The second-order valence-electron chi connectivity index (χ2n) is 8.13. The maximum atomic E-state index is 13.2. The van der Waals surface area contributed by atoms with E-state index in [1.807, 2.05) is 0 Å². The van der Waals surface area contributed by atoms with Crippen molar-refractivity contribution in [2.45, 2.75) is 32.4 Å². The van der Waals surface area contributed by atoms with Gasteiger partial charge in [0.1, 0.15) is 11.5 Å². The standard InChI is InChI=1S/C27H26BrNO6/c1-3-4-13-35-21-12-9-18(15-22(21)33-2)24-23(25(30)17-7-10-19(28)11-8-17)26(31)27(32)29(24)16-20-6-5-14-34-20/h5-12,14-15,24,30H,3-4,13,16H2,1-2H3/b25-23-. The highest BCUT2D eigenvalue weighted by molar-refractivity contribution is 9.10. The van der Waals surface area contributed by atoms with Crippen molar-refractivity contribution in [2.24, 2.45) is 0 Å². The zero-order chi connectivity index (χ0) is 24.9. The Labute approximate surface area is 212 Å². The first-order valence-electron chi connectivity index (χ1n) is 11.3. The number of ketones is 1. The molecule has 1 aliphatic heterocycles. The molecule has 8 heteroatoms. The molecule has 2 heterocycles. The Morgan fingerprint density at radius 1 is 1.11 bits per heavy atom. The Kier molecular flexibility index (Phi) is 7.60. The summed E-state index contributed by atoms with van der Waals surface area (Å²) < 4.78 is 17.7. The quantitative estimate of drug-likeness (QED) is 0.159. The molecule has 1 atom stereocenters. The predicted molar refractivity (Wildman–Crippen MR) is 134 cm³/mol. The third kappa shape index (κ3) is 5.12. The molecule has 0 radical (unpaired) electrons. The molecular weight excluding hydrogens is 514 g/mol. The van der Waals surface area contributed by atoms with Gasteiger partial charge in [-0.1, -0.05) is 47.5 Å². The molecule has 1 unspecified atom stereocenters. The van der Waals surface area contributed by atoms with Crippen LogP contribution < -0.4 is 9.47 Å². The molecule has 1 aromatic heterocycles. The second kappa shape index (κ2) is 10.8. The summed E-state index contributed by atoms with van der Waals surface area (Å²) in [6.07, 6.45) is 3.41. The lowest BCUT2D eigenvalue weighted by Crippen LogP contribution is -2.29. The number of Topliss-reactive ketones (excluding diaryl/α,β-unsaturated/α-hetero) is 1. The smallest absolute Gasteiger partial charge is 0.296 e. The first-order valence-corrected chi connectivity index (χ1v) is 12.1. The Morgan fingerprint density at radius 2 is 1.89 bits per heavy atom. The molecule has 0 spiro atoms. The van der Waals surface area contributed by atoms with Crippen LogP contribution in [0.4, 0.5) is 0 Å². The topological polar surface area (TPSA) is 89.2 Å². The molecule has 7 nitrogen and oxygen atoms in total. The molecule has 0 aliphatic carbocycles. The molecule has 1 aliphatic rings. The van der Waals surface area contributed by atoms with Gasteiger partial charge in [0.25, 0.3) is 11.7 Å². The molecule has 4 rings (SSSR count). The third-order valence-electron chi connectivity index (χ3n) is 5.82. The van der Waals surface area contributed by atoms with Crippen LogP contribution in [0.1, 0.15) is 42.7 Å². The summed E-state index contributed by atoms with van der Waals surface area (Å²) in [5.41, 5.74) is 1.04. The normalized spacial score (nSPS) is 17.1. The molecular formula is C27H26BrNO6. The summed E-state index contributed by atoms with van der Waals surface area (Å²) in [7, 11) is 1.54. The summed E-state index contributed by atoms with van der Waals surface area (Å²) in [6.45, 7) is 2.69. The van der Waals surface area contributed by atoms with Gasteiger partial charge in [0, 0.05) is 10.0 Å². The van der Waals surface area contributed by atoms with Gasteiger partial charge in [-0.2, -0.15) is 0 Å². The van der Waals surface area contributed by atoms with E-state index in [1.165, 1.54) is 18.3 Å². The van der Waals surface area contributed by atoms with Gasteiger partial charge in [-0.15, -0.1) is 0 Å². The molecule has 0 saturated carbocycles. The maximum absolute atomic E-state index is 13.2. The van der Waals surface area contributed by atoms with Crippen molar-refractivity contribution in [1.82, 2.24) is 4.90 Å². The van der Waals surface area contributed by atoms with E-state index in [0.717, 1.165) is 17.3 Å². The van der Waals surface area contributed by atoms with Crippen LogP contribution in [0.5, 0.6) is 11.5 Å². The number of benzene rings is 2.